The van der Waals surface area contributed by atoms with E-state index >= 15 is 0 Å². The monoisotopic (exact) mass is 261 g/mol. The first-order chi connectivity index (χ1) is 8.85. The maximum absolute atomic E-state index is 12.2. The lowest BCUT2D eigenvalue weighted by molar-refractivity contribution is 0.0909. The fraction of sp³-hybridized carbons (Fsp3) is 0.533. The molecule has 0 aliphatic heterocycles. The van der Waals surface area contributed by atoms with Gasteiger partial charge in [0.25, 0.3) is 5.91 Å². The molecule has 1 aromatic rings. The Morgan fingerprint density at radius 3 is 2.21 bits per heavy atom. The molecule has 2 rings (SSSR count). The highest BCUT2D eigenvalue weighted by molar-refractivity contribution is 5.96. The predicted octanol–water partition coefficient (Wildman–Crippen LogP) is 2.55. The largest absolute Gasteiger partial charge is 0.399 e. The summed E-state index contributed by atoms with van der Waals surface area (Å²) in [5.41, 5.74) is 13.4. The molecule has 1 amide bonds. The molecule has 0 heterocycles. The lowest BCUT2D eigenvalue weighted by Gasteiger charge is -2.34. The predicted molar refractivity (Wildman–Crippen MR) is 78.8 cm³/mol. The minimum absolute atomic E-state index is 0.0799. The molecule has 4 nitrogen and oxygen atoms in total. The van der Waals surface area contributed by atoms with E-state index in [1.165, 1.54) is 0 Å². The second kappa shape index (κ2) is 5.11. The van der Waals surface area contributed by atoms with Crippen LogP contribution >= 0.6 is 0 Å². The lowest BCUT2D eigenvalue weighted by Crippen LogP contribution is -2.39. The van der Waals surface area contributed by atoms with Gasteiger partial charge in [0.05, 0.1) is 0 Å². The van der Waals surface area contributed by atoms with Crippen molar-refractivity contribution in [2.75, 3.05) is 11.5 Å². The van der Waals surface area contributed by atoms with Gasteiger partial charge in [-0.15, -0.1) is 0 Å². The van der Waals surface area contributed by atoms with Gasteiger partial charge in [0.1, 0.15) is 0 Å². The average molecular weight is 261 g/mol. The molecule has 1 aromatic carbocycles. The summed E-state index contributed by atoms with van der Waals surface area (Å²) in [7, 11) is 0. The number of nitrogens with two attached hydrogens (primary N) is 2. The molecule has 4 heteroatoms. The summed E-state index contributed by atoms with van der Waals surface area (Å²) >= 11 is 0. The fourth-order valence-corrected chi connectivity index (χ4v) is 2.62. The van der Waals surface area contributed by atoms with Gasteiger partial charge in [0.15, 0.2) is 0 Å². The Morgan fingerprint density at radius 2 is 1.68 bits per heavy atom. The molecule has 0 radical (unpaired) electrons. The number of carbonyl (C=O) groups excluding carboxylic acids is 1. The van der Waals surface area contributed by atoms with E-state index in [1.54, 1.807) is 18.2 Å². The number of benzene rings is 1. The first-order valence-corrected chi connectivity index (χ1v) is 6.83. The molecule has 1 aliphatic rings. The molecule has 0 spiro atoms. The summed E-state index contributed by atoms with van der Waals surface area (Å²) in [5.74, 6) is -0.0799. The van der Waals surface area contributed by atoms with E-state index in [0.29, 0.717) is 22.4 Å². The maximum Gasteiger partial charge on any atom is 0.251 e. The number of amides is 1. The Bertz CT molecular complexity index is 452. The van der Waals surface area contributed by atoms with Crippen LogP contribution in [0.2, 0.25) is 0 Å². The molecule has 0 aromatic heterocycles. The van der Waals surface area contributed by atoms with Crippen molar-refractivity contribution in [2.24, 2.45) is 5.41 Å². The third-order valence-corrected chi connectivity index (χ3v) is 3.91. The molecule has 104 valence electrons. The fourth-order valence-electron chi connectivity index (χ4n) is 2.62. The molecule has 1 fully saturated rings. The van der Waals surface area contributed by atoms with Crippen LogP contribution in [-0.2, 0) is 0 Å². The van der Waals surface area contributed by atoms with Gasteiger partial charge in [-0.25, -0.2) is 0 Å². The zero-order chi connectivity index (χ0) is 14.0. The number of hydrogen-bond donors (Lipinski definition) is 3. The first kappa shape index (κ1) is 13.7. The topological polar surface area (TPSA) is 81.1 Å². The van der Waals surface area contributed by atoms with Gasteiger partial charge in [-0.1, -0.05) is 13.8 Å². The SMILES string of the molecule is CC1(C)CCC(NC(=O)c2cc(N)cc(N)c2)CC1. The number of anilines is 2. The Hall–Kier alpha value is -1.71. The van der Waals surface area contributed by atoms with Crippen LogP contribution in [0.1, 0.15) is 49.9 Å². The van der Waals surface area contributed by atoms with Crippen molar-refractivity contribution in [3.63, 3.8) is 0 Å². The molecule has 0 unspecified atom stereocenters. The van der Waals surface area contributed by atoms with Crippen molar-refractivity contribution >= 4 is 17.3 Å². The van der Waals surface area contributed by atoms with Gasteiger partial charge < -0.3 is 16.8 Å². The van der Waals surface area contributed by atoms with Gasteiger partial charge in [-0.3, -0.25) is 4.79 Å². The van der Waals surface area contributed by atoms with Gasteiger partial charge in [0.2, 0.25) is 0 Å². The third-order valence-electron chi connectivity index (χ3n) is 3.91. The van der Waals surface area contributed by atoms with Gasteiger partial charge in [-0.05, 0) is 49.3 Å². The molecule has 19 heavy (non-hydrogen) atoms. The van der Waals surface area contributed by atoms with E-state index in [9.17, 15) is 4.79 Å². The van der Waals surface area contributed by atoms with Crippen molar-refractivity contribution in [2.45, 2.75) is 45.6 Å². The summed E-state index contributed by atoms with van der Waals surface area (Å²) in [5, 5.41) is 3.08. The standard InChI is InChI=1S/C15H23N3O/c1-15(2)5-3-13(4-6-15)18-14(19)10-7-11(16)9-12(17)8-10/h7-9,13H,3-6,16-17H2,1-2H3,(H,18,19). The number of nitrogens with one attached hydrogen (secondary N) is 1. The van der Waals surface area contributed by atoms with Crippen molar-refractivity contribution in [3.05, 3.63) is 23.8 Å². The summed E-state index contributed by atoms with van der Waals surface area (Å²) in [6.45, 7) is 4.56. The highest BCUT2D eigenvalue weighted by Gasteiger charge is 2.27. The summed E-state index contributed by atoms with van der Waals surface area (Å²) in [6, 6.07) is 5.25. The molecule has 1 aliphatic carbocycles. The number of rotatable bonds is 2. The second-order valence-corrected chi connectivity index (χ2v) is 6.30. The van der Waals surface area contributed by atoms with Crippen LogP contribution in [-0.4, -0.2) is 11.9 Å². The first-order valence-electron chi connectivity index (χ1n) is 6.83. The third kappa shape index (κ3) is 3.63. The van der Waals surface area contributed by atoms with Crippen molar-refractivity contribution in [1.29, 1.82) is 0 Å². The Morgan fingerprint density at radius 1 is 1.16 bits per heavy atom. The van der Waals surface area contributed by atoms with E-state index in [-0.39, 0.29) is 11.9 Å². The molecule has 1 saturated carbocycles. The smallest absolute Gasteiger partial charge is 0.251 e. The zero-order valence-corrected chi connectivity index (χ0v) is 11.7. The van der Waals surface area contributed by atoms with E-state index < -0.39 is 0 Å². The van der Waals surface area contributed by atoms with Gasteiger partial charge >= 0.3 is 0 Å². The molecule has 0 saturated heterocycles. The Kier molecular flexibility index (Phi) is 3.69. The molecule has 0 bridgehead atoms. The minimum Gasteiger partial charge on any atom is -0.399 e. The Labute approximate surface area is 114 Å². The number of hydrogen-bond acceptors (Lipinski definition) is 3. The highest BCUT2D eigenvalue weighted by atomic mass is 16.1. The van der Waals surface area contributed by atoms with E-state index in [2.05, 4.69) is 19.2 Å². The molecule has 5 N–H and O–H groups in total. The van der Waals surface area contributed by atoms with Crippen LogP contribution < -0.4 is 16.8 Å². The second-order valence-electron chi connectivity index (χ2n) is 6.30. The molecular weight excluding hydrogens is 238 g/mol. The van der Waals surface area contributed by atoms with E-state index in [0.717, 1.165) is 25.7 Å². The normalized spacial score (nSPS) is 19.1. The van der Waals surface area contributed by atoms with Crippen LogP contribution in [0.5, 0.6) is 0 Å². The minimum atomic E-state index is -0.0799. The quantitative estimate of drug-likeness (QED) is 0.716. The molecular formula is C15H23N3O. The Balaban J connectivity index is 1.98. The average Bonchev–Trinajstić information content (AvgIpc) is 2.30. The van der Waals surface area contributed by atoms with Crippen LogP contribution in [0.4, 0.5) is 11.4 Å². The molecule has 0 atom stereocenters. The van der Waals surface area contributed by atoms with E-state index in [4.69, 9.17) is 11.5 Å². The van der Waals surface area contributed by atoms with Crippen LogP contribution in [0.15, 0.2) is 18.2 Å². The van der Waals surface area contributed by atoms with Crippen LogP contribution in [0.25, 0.3) is 0 Å². The van der Waals surface area contributed by atoms with Crippen molar-refractivity contribution in [3.8, 4) is 0 Å². The summed E-state index contributed by atoms with van der Waals surface area (Å²) < 4.78 is 0. The van der Waals surface area contributed by atoms with Gasteiger partial charge in [0, 0.05) is 23.0 Å². The maximum atomic E-state index is 12.2. The summed E-state index contributed by atoms with van der Waals surface area (Å²) in [4.78, 5) is 12.2. The van der Waals surface area contributed by atoms with Crippen molar-refractivity contribution in [1.82, 2.24) is 5.32 Å². The highest BCUT2D eigenvalue weighted by Crippen LogP contribution is 2.35. The number of nitrogen functional groups attached to an aromatic ring is 2. The zero-order valence-electron chi connectivity index (χ0n) is 11.7. The van der Waals surface area contributed by atoms with Crippen LogP contribution in [0, 0.1) is 5.41 Å². The van der Waals surface area contributed by atoms with Crippen molar-refractivity contribution < 1.29 is 4.79 Å². The lowest BCUT2D eigenvalue weighted by atomic mass is 9.75. The van der Waals surface area contributed by atoms with Gasteiger partial charge in [-0.2, -0.15) is 0 Å². The summed E-state index contributed by atoms with van der Waals surface area (Å²) in [6.07, 6.45) is 4.38. The number of carbonyl (C=O) groups is 1. The van der Waals surface area contributed by atoms with Crippen LogP contribution in [0.3, 0.4) is 0 Å². The van der Waals surface area contributed by atoms with E-state index in [1.807, 2.05) is 0 Å².